The number of nitrogens with zero attached hydrogens (tertiary/aromatic N) is 4. The summed E-state index contributed by atoms with van der Waals surface area (Å²) >= 11 is 0. The third-order valence-corrected chi connectivity index (χ3v) is 6.11. The highest BCUT2D eigenvalue weighted by atomic mass is 16.1. The Hall–Kier alpha value is -4.19. The van der Waals surface area contributed by atoms with Crippen LogP contribution >= 0.6 is 0 Å². The summed E-state index contributed by atoms with van der Waals surface area (Å²) in [6.07, 6.45) is 3.20. The zero-order valence-corrected chi connectivity index (χ0v) is 18.7. The van der Waals surface area contributed by atoms with Crippen molar-refractivity contribution in [2.45, 2.75) is 26.9 Å². The minimum Gasteiger partial charge on any atom is -0.340 e. The largest absolute Gasteiger partial charge is 0.340 e. The Balaban J connectivity index is 1.35. The van der Waals surface area contributed by atoms with Gasteiger partial charge < -0.3 is 9.88 Å². The van der Waals surface area contributed by atoms with Crippen LogP contribution < -0.4 is 5.32 Å². The predicted molar refractivity (Wildman–Crippen MR) is 130 cm³/mol. The van der Waals surface area contributed by atoms with Crippen LogP contribution in [-0.4, -0.2) is 25.2 Å². The van der Waals surface area contributed by atoms with Crippen LogP contribution in [0.4, 0.5) is 5.69 Å². The maximum Gasteiger partial charge on any atom is 0.255 e. The molecule has 33 heavy (non-hydrogen) atoms. The summed E-state index contributed by atoms with van der Waals surface area (Å²) in [4.78, 5) is 16.9. The number of aromatic nitrogens is 4. The summed E-state index contributed by atoms with van der Waals surface area (Å²) in [5.74, 6) is -0.117. The number of rotatable bonds is 6. The number of hydrogen-bond acceptors (Lipinski definition) is 3. The number of carbonyl (C=O) groups is 1. The number of benzene rings is 3. The van der Waals surface area contributed by atoms with Crippen LogP contribution in [0.2, 0.25) is 0 Å². The molecule has 1 amide bonds. The fourth-order valence-corrected chi connectivity index (χ4v) is 4.16. The van der Waals surface area contributed by atoms with Gasteiger partial charge in [0.15, 0.2) is 0 Å². The van der Waals surface area contributed by atoms with E-state index in [0.717, 1.165) is 28.7 Å². The molecule has 6 heteroatoms. The summed E-state index contributed by atoms with van der Waals surface area (Å²) in [5, 5.41) is 8.24. The van der Waals surface area contributed by atoms with Gasteiger partial charge in [-0.1, -0.05) is 42.5 Å². The van der Waals surface area contributed by atoms with E-state index >= 15 is 0 Å². The molecule has 2 heterocycles. The van der Waals surface area contributed by atoms with Crippen LogP contribution in [0.15, 0.2) is 85.5 Å². The summed E-state index contributed by atoms with van der Waals surface area (Å²) in [5.41, 5.74) is 7.31. The van der Waals surface area contributed by atoms with Crippen molar-refractivity contribution in [3.05, 3.63) is 113 Å². The van der Waals surface area contributed by atoms with Crippen molar-refractivity contribution in [3.8, 4) is 0 Å². The Morgan fingerprint density at radius 1 is 0.909 bits per heavy atom. The smallest absolute Gasteiger partial charge is 0.255 e. The lowest BCUT2D eigenvalue weighted by atomic mass is 10.1. The number of anilines is 1. The molecule has 1 N–H and O–H groups in total. The number of fused-ring (bicyclic) bond motifs is 1. The van der Waals surface area contributed by atoms with E-state index < -0.39 is 0 Å². The molecule has 0 saturated heterocycles. The topological polar surface area (TPSA) is 64.7 Å². The van der Waals surface area contributed by atoms with Crippen molar-refractivity contribution in [2.75, 3.05) is 5.32 Å². The van der Waals surface area contributed by atoms with Gasteiger partial charge in [0.2, 0.25) is 0 Å². The van der Waals surface area contributed by atoms with Crippen LogP contribution in [0.1, 0.15) is 32.7 Å². The molecule has 3 aromatic carbocycles. The zero-order chi connectivity index (χ0) is 22.8. The van der Waals surface area contributed by atoms with Crippen LogP contribution in [0.25, 0.3) is 10.9 Å². The van der Waals surface area contributed by atoms with Gasteiger partial charge in [0.25, 0.3) is 5.91 Å². The standard InChI is InChI=1S/C27H25N5O/c1-19-20(2)32(16-21-6-4-3-5-7-21)26-13-10-23(14-25(19)26)27(33)30-24-11-8-22(9-12-24)15-31-18-28-17-29-31/h3-14,17-18H,15-16H2,1-2H3,(H,30,33). The number of carbonyl (C=O) groups excluding carboxylic acids is 1. The van der Waals surface area contributed by atoms with Crippen molar-refractivity contribution in [2.24, 2.45) is 0 Å². The lowest BCUT2D eigenvalue weighted by Gasteiger charge is -2.10. The van der Waals surface area contributed by atoms with E-state index in [2.05, 4.69) is 64.1 Å². The van der Waals surface area contributed by atoms with Crippen LogP contribution in [0.5, 0.6) is 0 Å². The van der Waals surface area contributed by atoms with E-state index in [4.69, 9.17) is 0 Å². The molecule has 6 nitrogen and oxygen atoms in total. The second-order valence-corrected chi connectivity index (χ2v) is 8.26. The molecule has 0 bridgehead atoms. The van der Waals surface area contributed by atoms with Crippen LogP contribution in [-0.2, 0) is 13.1 Å². The van der Waals surface area contributed by atoms with Crippen molar-refractivity contribution < 1.29 is 4.79 Å². The highest BCUT2D eigenvalue weighted by Crippen LogP contribution is 2.27. The highest BCUT2D eigenvalue weighted by molar-refractivity contribution is 6.06. The quantitative estimate of drug-likeness (QED) is 0.399. The van der Waals surface area contributed by atoms with Gasteiger partial charge in [-0.15, -0.1) is 0 Å². The van der Waals surface area contributed by atoms with Crippen LogP contribution in [0, 0.1) is 13.8 Å². The normalized spacial score (nSPS) is 11.1. The second-order valence-electron chi connectivity index (χ2n) is 8.26. The third-order valence-electron chi connectivity index (χ3n) is 6.11. The van der Waals surface area contributed by atoms with Gasteiger partial charge in [-0.25, -0.2) is 9.67 Å². The van der Waals surface area contributed by atoms with Gasteiger partial charge in [0, 0.05) is 34.4 Å². The molecule has 0 spiro atoms. The fraction of sp³-hybridized carbons (Fsp3) is 0.148. The molecule has 164 valence electrons. The molecule has 0 aliphatic heterocycles. The Labute approximate surface area is 192 Å². The zero-order valence-electron chi connectivity index (χ0n) is 18.7. The molecular weight excluding hydrogens is 410 g/mol. The van der Waals surface area contributed by atoms with E-state index in [1.54, 1.807) is 11.0 Å². The molecular formula is C27H25N5O. The first-order valence-corrected chi connectivity index (χ1v) is 10.9. The van der Waals surface area contributed by atoms with Gasteiger partial charge in [-0.05, 0) is 60.9 Å². The first-order valence-electron chi connectivity index (χ1n) is 10.9. The molecule has 0 aliphatic rings. The van der Waals surface area contributed by atoms with Gasteiger partial charge in [0.1, 0.15) is 12.7 Å². The Morgan fingerprint density at radius 3 is 2.39 bits per heavy atom. The molecule has 0 unspecified atom stereocenters. The number of hydrogen-bond donors (Lipinski definition) is 1. The van der Waals surface area contributed by atoms with E-state index in [1.165, 1.54) is 23.1 Å². The molecule has 2 aromatic heterocycles. The molecule has 0 aliphatic carbocycles. The van der Waals surface area contributed by atoms with E-state index in [1.807, 2.05) is 42.5 Å². The van der Waals surface area contributed by atoms with Gasteiger partial charge in [0.05, 0.1) is 6.54 Å². The SMILES string of the molecule is Cc1c(C)n(Cc2ccccc2)c2ccc(C(=O)Nc3ccc(Cn4cncn4)cc3)cc12. The summed E-state index contributed by atoms with van der Waals surface area (Å²) in [7, 11) is 0. The minimum atomic E-state index is -0.117. The third kappa shape index (κ3) is 4.28. The predicted octanol–water partition coefficient (Wildman–Crippen LogP) is 5.20. The summed E-state index contributed by atoms with van der Waals surface area (Å²) < 4.78 is 4.08. The number of nitrogens with one attached hydrogen (secondary N) is 1. The average Bonchev–Trinajstić information content (AvgIpc) is 3.43. The summed E-state index contributed by atoms with van der Waals surface area (Å²) in [6, 6.07) is 24.2. The monoisotopic (exact) mass is 435 g/mol. The fourth-order valence-electron chi connectivity index (χ4n) is 4.16. The number of amides is 1. The summed E-state index contributed by atoms with van der Waals surface area (Å²) in [6.45, 7) is 5.71. The van der Waals surface area contributed by atoms with Gasteiger partial charge >= 0.3 is 0 Å². The second kappa shape index (κ2) is 8.74. The Kier molecular flexibility index (Phi) is 5.48. The van der Waals surface area contributed by atoms with Crippen molar-refractivity contribution >= 4 is 22.5 Å². The van der Waals surface area contributed by atoms with E-state index in [-0.39, 0.29) is 5.91 Å². The van der Waals surface area contributed by atoms with E-state index in [0.29, 0.717) is 12.1 Å². The van der Waals surface area contributed by atoms with Crippen molar-refractivity contribution in [3.63, 3.8) is 0 Å². The highest BCUT2D eigenvalue weighted by Gasteiger charge is 2.14. The van der Waals surface area contributed by atoms with E-state index in [9.17, 15) is 4.79 Å². The lowest BCUT2D eigenvalue weighted by molar-refractivity contribution is 0.102. The first kappa shape index (κ1) is 20.7. The molecule has 5 aromatic rings. The molecule has 0 fully saturated rings. The molecule has 0 saturated carbocycles. The average molecular weight is 436 g/mol. The number of aryl methyl sites for hydroxylation is 1. The van der Waals surface area contributed by atoms with Crippen molar-refractivity contribution in [1.29, 1.82) is 0 Å². The maximum absolute atomic E-state index is 13.0. The maximum atomic E-state index is 13.0. The molecule has 5 rings (SSSR count). The van der Waals surface area contributed by atoms with Crippen LogP contribution in [0.3, 0.4) is 0 Å². The Bertz CT molecular complexity index is 1400. The van der Waals surface area contributed by atoms with Gasteiger partial charge in [-0.2, -0.15) is 5.10 Å². The minimum absolute atomic E-state index is 0.117. The first-order chi connectivity index (χ1) is 16.1. The van der Waals surface area contributed by atoms with Gasteiger partial charge in [-0.3, -0.25) is 4.79 Å². The molecule has 0 atom stereocenters. The Morgan fingerprint density at radius 2 is 1.67 bits per heavy atom. The van der Waals surface area contributed by atoms with Crippen molar-refractivity contribution in [1.82, 2.24) is 19.3 Å². The molecule has 0 radical (unpaired) electrons. The lowest BCUT2D eigenvalue weighted by Crippen LogP contribution is -2.12.